The molecule has 5 heteroatoms. The average Bonchev–Trinajstić information content (AvgIpc) is 2.66. The summed E-state index contributed by atoms with van der Waals surface area (Å²) in [6, 6.07) is 19.5. The number of nitrogens with zero attached hydrogens (tertiary/aromatic N) is 3. The molecule has 3 aromatic rings. The minimum atomic E-state index is -0.445. The molecule has 1 heterocycles. The molecular formula is C20H11N3O2. The highest BCUT2D eigenvalue weighted by Gasteiger charge is 2.32. The zero-order valence-electron chi connectivity index (χ0n) is 13.0. The normalized spacial score (nSPS) is 13.5. The molecule has 3 aromatic carbocycles. The van der Waals surface area contributed by atoms with Crippen molar-refractivity contribution >= 4 is 28.8 Å². The molecule has 5 nitrogen and oxygen atoms in total. The van der Waals surface area contributed by atoms with Gasteiger partial charge in [0.1, 0.15) is 0 Å². The van der Waals surface area contributed by atoms with Crippen molar-refractivity contribution in [2.45, 2.75) is 0 Å². The molecule has 0 saturated heterocycles. The largest absolute Gasteiger partial charge is 0.282 e. The topological polar surface area (TPSA) is 73.5 Å². The molecule has 0 aromatic heterocycles. The second kappa shape index (κ2) is 5.69. The molecule has 1 aliphatic heterocycles. The molecule has 4 rings (SSSR count). The standard InChI is InChI=1S/C20H11N3O2/c21-11-13-7-9-14(10-8-13)12-22-23-19(24)16-5-1-3-15-4-2-6-17(18(15)16)20(23)25/h1-10,12H/b22-12-. The fourth-order valence-electron chi connectivity index (χ4n) is 2.89. The number of carbonyl (C=O) groups excluding carboxylic acids is 2. The van der Waals surface area contributed by atoms with Crippen LogP contribution in [0.1, 0.15) is 31.8 Å². The SMILES string of the molecule is N#Cc1ccc(/C=N\N2C(=O)c3cccc4cccc(c34)C2=O)cc1. The Bertz CT molecular complexity index is 1040. The number of carbonyl (C=O) groups is 2. The number of imide groups is 1. The molecule has 118 valence electrons. The van der Waals surface area contributed by atoms with E-state index in [2.05, 4.69) is 5.10 Å². The van der Waals surface area contributed by atoms with Gasteiger partial charge in [-0.15, -0.1) is 0 Å². The Hall–Kier alpha value is -3.78. The van der Waals surface area contributed by atoms with Gasteiger partial charge in [0.25, 0.3) is 11.8 Å². The van der Waals surface area contributed by atoms with Gasteiger partial charge in [0.05, 0.1) is 29.0 Å². The Balaban J connectivity index is 1.75. The van der Waals surface area contributed by atoms with Crippen LogP contribution in [0.2, 0.25) is 0 Å². The maximum Gasteiger partial charge on any atom is 0.282 e. The molecule has 1 aliphatic rings. The number of amides is 2. The molecule has 0 fully saturated rings. The van der Waals surface area contributed by atoms with Gasteiger partial charge in [0, 0.05) is 5.39 Å². The van der Waals surface area contributed by atoms with Crippen molar-refractivity contribution in [1.82, 2.24) is 5.01 Å². The van der Waals surface area contributed by atoms with Gasteiger partial charge in [0.2, 0.25) is 0 Å². The molecule has 0 N–H and O–H groups in total. The zero-order valence-corrected chi connectivity index (χ0v) is 13.0. The van der Waals surface area contributed by atoms with Gasteiger partial charge < -0.3 is 0 Å². The minimum absolute atomic E-state index is 0.445. The van der Waals surface area contributed by atoms with Crippen molar-refractivity contribution in [3.63, 3.8) is 0 Å². The highest BCUT2D eigenvalue weighted by molar-refractivity contribution is 6.25. The summed E-state index contributed by atoms with van der Waals surface area (Å²) in [5, 5.41) is 15.3. The lowest BCUT2D eigenvalue weighted by Crippen LogP contribution is -2.36. The lowest BCUT2D eigenvalue weighted by Gasteiger charge is -2.22. The van der Waals surface area contributed by atoms with Crippen LogP contribution in [0.25, 0.3) is 10.8 Å². The maximum absolute atomic E-state index is 12.7. The van der Waals surface area contributed by atoms with Crippen molar-refractivity contribution in [3.8, 4) is 6.07 Å². The Morgan fingerprint density at radius 1 is 0.880 bits per heavy atom. The van der Waals surface area contributed by atoms with Crippen molar-refractivity contribution < 1.29 is 9.59 Å². The number of hydrogen-bond acceptors (Lipinski definition) is 4. The Morgan fingerprint density at radius 3 is 2.04 bits per heavy atom. The maximum atomic E-state index is 12.7. The van der Waals surface area contributed by atoms with Gasteiger partial charge in [-0.2, -0.15) is 15.4 Å². The quantitative estimate of drug-likeness (QED) is 0.536. The summed E-state index contributed by atoms with van der Waals surface area (Å²) >= 11 is 0. The monoisotopic (exact) mass is 325 g/mol. The van der Waals surface area contributed by atoms with Crippen LogP contribution < -0.4 is 0 Å². The molecule has 0 saturated carbocycles. The van der Waals surface area contributed by atoms with Crippen LogP contribution in [0.3, 0.4) is 0 Å². The predicted octanol–water partition coefficient (Wildman–Crippen LogP) is 3.34. The molecule has 0 radical (unpaired) electrons. The van der Waals surface area contributed by atoms with Crippen LogP contribution >= 0.6 is 0 Å². The molecule has 0 aliphatic carbocycles. The van der Waals surface area contributed by atoms with E-state index in [9.17, 15) is 9.59 Å². The number of nitriles is 1. The first kappa shape index (κ1) is 14.8. The predicted molar refractivity (Wildman–Crippen MR) is 93.2 cm³/mol. The minimum Gasteiger partial charge on any atom is -0.267 e. The van der Waals surface area contributed by atoms with E-state index in [0.717, 1.165) is 10.4 Å². The van der Waals surface area contributed by atoms with Gasteiger partial charge in [-0.3, -0.25) is 9.59 Å². The van der Waals surface area contributed by atoms with E-state index in [4.69, 9.17) is 5.26 Å². The second-order valence-electron chi connectivity index (χ2n) is 5.61. The van der Waals surface area contributed by atoms with Crippen molar-refractivity contribution in [3.05, 3.63) is 82.9 Å². The fourth-order valence-corrected chi connectivity index (χ4v) is 2.89. The van der Waals surface area contributed by atoms with Crippen molar-refractivity contribution in [2.24, 2.45) is 5.10 Å². The molecule has 0 bridgehead atoms. The summed E-state index contributed by atoms with van der Waals surface area (Å²) < 4.78 is 0. The Kier molecular flexibility index (Phi) is 3.37. The first-order chi connectivity index (χ1) is 12.2. The summed E-state index contributed by atoms with van der Waals surface area (Å²) in [5.41, 5.74) is 2.15. The third kappa shape index (κ3) is 2.37. The van der Waals surface area contributed by atoms with Crippen molar-refractivity contribution in [1.29, 1.82) is 5.26 Å². The molecule has 0 atom stereocenters. The van der Waals surface area contributed by atoms with Gasteiger partial charge in [-0.1, -0.05) is 36.4 Å². The van der Waals surface area contributed by atoms with Crippen LogP contribution in [0.5, 0.6) is 0 Å². The Morgan fingerprint density at radius 2 is 1.48 bits per heavy atom. The van der Waals surface area contributed by atoms with Crippen LogP contribution in [0.4, 0.5) is 0 Å². The highest BCUT2D eigenvalue weighted by Crippen LogP contribution is 2.29. The molecular weight excluding hydrogens is 314 g/mol. The number of hydrazone groups is 1. The fraction of sp³-hybridized carbons (Fsp3) is 0. The van der Waals surface area contributed by atoms with Crippen LogP contribution in [-0.2, 0) is 0 Å². The van der Waals surface area contributed by atoms with E-state index >= 15 is 0 Å². The zero-order chi connectivity index (χ0) is 17.4. The third-order valence-corrected chi connectivity index (χ3v) is 4.11. The molecule has 2 amide bonds. The third-order valence-electron chi connectivity index (χ3n) is 4.11. The van der Waals surface area contributed by atoms with Crippen LogP contribution in [0.15, 0.2) is 65.8 Å². The smallest absolute Gasteiger partial charge is 0.267 e. The average molecular weight is 325 g/mol. The summed E-state index contributed by atoms with van der Waals surface area (Å²) in [6.07, 6.45) is 1.44. The molecule has 25 heavy (non-hydrogen) atoms. The summed E-state index contributed by atoms with van der Waals surface area (Å²) in [4.78, 5) is 25.4. The van der Waals surface area contributed by atoms with Crippen LogP contribution in [-0.4, -0.2) is 23.0 Å². The van der Waals surface area contributed by atoms with Gasteiger partial charge in [-0.25, -0.2) is 0 Å². The number of benzene rings is 3. The van der Waals surface area contributed by atoms with Gasteiger partial charge >= 0.3 is 0 Å². The lowest BCUT2D eigenvalue weighted by atomic mass is 9.95. The number of hydrogen-bond donors (Lipinski definition) is 0. The lowest BCUT2D eigenvalue weighted by molar-refractivity contribution is 0.0616. The van der Waals surface area contributed by atoms with E-state index in [1.165, 1.54) is 6.21 Å². The van der Waals surface area contributed by atoms with E-state index in [1.807, 2.05) is 18.2 Å². The first-order valence-electron chi connectivity index (χ1n) is 7.64. The Labute approximate surface area is 143 Å². The van der Waals surface area contributed by atoms with E-state index in [-0.39, 0.29) is 0 Å². The summed E-state index contributed by atoms with van der Waals surface area (Å²) in [5.74, 6) is -0.890. The molecule has 0 unspecified atom stereocenters. The first-order valence-corrected chi connectivity index (χ1v) is 7.64. The van der Waals surface area contributed by atoms with Gasteiger partial charge in [-0.05, 0) is 35.2 Å². The van der Waals surface area contributed by atoms with E-state index < -0.39 is 11.8 Å². The highest BCUT2D eigenvalue weighted by atomic mass is 16.2. The van der Waals surface area contributed by atoms with Crippen LogP contribution in [0, 0.1) is 11.3 Å². The van der Waals surface area contributed by atoms with Crippen molar-refractivity contribution in [2.75, 3.05) is 0 Å². The van der Waals surface area contributed by atoms with E-state index in [0.29, 0.717) is 27.6 Å². The summed E-state index contributed by atoms with van der Waals surface area (Å²) in [6.45, 7) is 0. The molecule has 0 spiro atoms. The summed E-state index contributed by atoms with van der Waals surface area (Å²) in [7, 11) is 0. The van der Waals surface area contributed by atoms with Gasteiger partial charge in [0.15, 0.2) is 0 Å². The second-order valence-corrected chi connectivity index (χ2v) is 5.61. The number of rotatable bonds is 2. The van der Waals surface area contributed by atoms with E-state index in [1.54, 1.807) is 48.5 Å².